The van der Waals surface area contributed by atoms with Crippen molar-refractivity contribution >= 4 is 44.8 Å². The van der Waals surface area contributed by atoms with Crippen LogP contribution in [0.5, 0.6) is 0 Å². The van der Waals surface area contributed by atoms with Gasteiger partial charge >= 0.3 is 0 Å². The summed E-state index contributed by atoms with van der Waals surface area (Å²) < 4.78 is 0.709. The molecule has 1 aromatic heterocycles. The minimum Gasteiger partial charge on any atom is -0.365 e. The van der Waals surface area contributed by atoms with E-state index in [9.17, 15) is 9.59 Å². The molecule has 2 rings (SSSR count). The molecule has 1 aromatic carbocycles. The molecule has 98 valence electrons. The third kappa shape index (κ3) is 3.02. The van der Waals surface area contributed by atoms with Crippen LogP contribution in [0, 0.1) is 6.92 Å². The second-order valence-corrected chi connectivity index (χ2v) is 5.74. The summed E-state index contributed by atoms with van der Waals surface area (Å²) in [5.41, 5.74) is 7.23. The lowest BCUT2D eigenvalue weighted by molar-refractivity contribution is 0.100. The molecule has 19 heavy (non-hydrogen) atoms. The number of benzene rings is 1. The van der Waals surface area contributed by atoms with Gasteiger partial charge in [-0.3, -0.25) is 9.59 Å². The van der Waals surface area contributed by atoms with E-state index >= 15 is 0 Å². The highest BCUT2D eigenvalue weighted by Gasteiger charge is 2.15. The zero-order valence-corrected chi connectivity index (χ0v) is 12.5. The first-order valence-corrected chi connectivity index (χ1v) is 7.11. The zero-order valence-electron chi connectivity index (χ0n) is 10.1. The lowest BCUT2D eigenvalue weighted by atomic mass is 10.1. The maximum Gasteiger partial charge on any atom is 0.260 e. The van der Waals surface area contributed by atoms with E-state index in [-0.39, 0.29) is 5.91 Å². The lowest BCUT2D eigenvalue weighted by Gasteiger charge is -2.07. The molecule has 1 heterocycles. The van der Waals surface area contributed by atoms with Crippen LogP contribution in [0.25, 0.3) is 0 Å². The first-order valence-electron chi connectivity index (χ1n) is 5.44. The maximum atomic E-state index is 12.1. The Balaban J connectivity index is 2.26. The number of carbonyl (C=O) groups excluding carboxylic acids is 2. The number of halogens is 1. The number of thiophene rings is 1. The Morgan fingerprint density at radius 3 is 2.68 bits per heavy atom. The summed E-state index contributed by atoms with van der Waals surface area (Å²) in [5, 5.41) is 4.40. The number of hydrogen-bond donors (Lipinski definition) is 2. The SMILES string of the molecule is Cc1ccc(C(=O)Nc2ccsc2C(N)=O)c(Br)c1. The van der Waals surface area contributed by atoms with Crippen LogP contribution in [-0.4, -0.2) is 11.8 Å². The van der Waals surface area contributed by atoms with Gasteiger partial charge in [-0.1, -0.05) is 6.07 Å². The molecule has 2 amide bonds. The van der Waals surface area contributed by atoms with Gasteiger partial charge in [0.15, 0.2) is 0 Å². The Morgan fingerprint density at radius 1 is 1.32 bits per heavy atom. The third-order valence-electron chi connectivity index (χ3n) is 2.51. The fourth-order valence-corrected chi connectivity index (χ4v) is 2.97. The Bertz CT molecular complexity index is 652. The highest BCUT2D eigenvalue weighted by Crippen LogP contribution is 2.24. The number of aryl methyl sites for hydroxylation is 1. The number of nitrogens with one attached hydrogen (secondary N) is 1. The maximum absolute atomic E-state index is 12.1. The van der Waals surface area contributed by atoms with Crippen molar-refractivity contribution in [2.45, 2.75) is 6.92 Å². The quantitative estimate of drug-likeness (QED) is 0.902. The monoisotopic (exact) mass is 338 g/mol. The Kier molecular flexibility index (Phi) is 4.01. The fourth-order valence-electron chi connectivity index (χ4n) is 1.59. The molecule has 3 N–H and O–H groups in total. The molecule has 0 aliphatic rings. The zero-order chi connectivity index (χ0) is 14.0. The summed E-state index contributed by atoms with van der Waals surface area (Å²) in [4.78, 5) is 23.7. The number of nitrogens with two attached hydrogens (primary N) is 1. The summed E-state index contributed by atoms with van der Waals surface area (Å²) in [6, 6.07) is 7.09. The highest BCUT2D eigenvalue weighted by molar-refractivity contribution is 9.10. The van der Waals surface area contributed by atoms with Gasteiger partial charge in [0.25, 0.3) is 11.8 Å². The Labute approximate surface area is 122 Å². The molecule has 0 bridgehead atoms. The predicted octanol–water partition coefficient (Wildman–Crippen LogP) is 3.17. The third-order valence-corrected chi connectivity index (χ3v) is 4.09. The van der Waals surface area contributed by atoms with Crippen LogP contribution < -0.4 is 11.1 Å². The van der Waals surface area contributed by atoms with Gasteiger partial charge in [-0.05, 0) is 52.0 Å². The van der Waals surface area contributed by atoms with Gasteiger partial charge < -0.3 is 11.1 Å². The molecule has 0 atom stereocenters. The van der Waals surface area contributed by atoms with Crippen molar-refractivity contribution in [3.8, 4) is 0 Å². The van der Waals surface area contributed by atoms with E-state index in [0.717, 1.165) is 5.56 Å². The van der Waals surface area contributed by atoms with Crippen LogP contribution in [0.4, 0.5) is 5.69 Å². The molecule has 0 fully saturated rings. The molecule has 0 radical (unpaired) electrons. The van der Waals surface area contributed by atoms with E-state index in [1.54, 1.807) is 17.5 Å². The first kappa shape index (κ1) is 13.8. The molecular formula is C13H11BrN2O2S. The highest BCUT2D eigenvalue weighted by atomic mass is 79.9. The smallest absolute Gasteiger partial charge is 0.260 e. The van der Waals surface area contributed by atoms with Gasteiger partial charge in [0.1, 0.15) is 4.88 Å². The molecule has 2 aromatic rings. The van der Waals surface area contributed by atoms with Gasteiger partial charge in [-0.2, -0.15) is 0 Å². The van der Waals surface area contributed by atoms with E-state index in [4.69, 9.17) is 5.73 Å². The molecule has 0 aliphatic carbocycles. The summed E-state index contributed by atoms with van der Waals surface area (Å²) in [7, 11) is 0. The van der Waals surface area contributed by atoms with Crippen molar-refractivity contribution in [1.29, 1.82) is 0 Å². The van der Waals surface area contributed by atoms with Crippen molar-refractivity contribution in [2.24, 2.45) is 5.73 Å². The number of carbonyl (C=O) groups is 2. The van der Waals surface area contributed by atoms with Gasteiger partial charge in [0.05, 0.1) is 11.3 Å². The number of anilines is 1. The summed E-state index contributed by atoms with van der Waals surface area (Å²) in [6.07, 6.45) is 0. The van der Waals surface area contributed by atoms with Gasteiger partial charge in [-0.25, -0.2) is 0 Å². The second kappa shape index (κ2) is 5.54. The van der Waals surface area contributed by atoms with E-state index in [2.05, 4.69) is 21.2 Å². The standard InChI is InChI=1S/C13H11BrN2O2S/c1-7-2-3-8(9(14)6-7)13(18)16-10-4-5-19-11(10)12(15)17/h2-6H,1H3,(H2,15,17)(H,16,18). The largest absolute Gasteiger partial charge is 0.365 e. The summed E-state index contributed by atoms with van der Waals surface area (Å²) in [6.45, 7) is 1.94. The average Bonchev–Trinajstić information content (AvgIpc) is 2.76. The first-order chi connectivity index (χ1) is 8.99. The molecule has 0 aliphatic heterocycles. The van der Waals surface area contributed by atoms with Gasteiger partial charge in [-0.15, -0.1) is 11.3 Å². The molecule has 0 spiro atoms. The topological polar surface area (TPSA) is 72.2 Å². The summed E-state index contributed by atoms with van der Waals surface area (Å²) >= 11 is 4.55. The number of amides is 2. The number of hydrogen-bond acceptors (Lipinski definition) is 3. The van der Waals surface area contributed by atoms with E-state index in [1.807, 2.05) is 19.1 Å². The van der Waals surface area contributed by atoms with Gasteiger partial charge in [0.2, 0.25) is 0 Å². The van der Waals surface area contributed by atoms with Crippen molar-refractivity contribution in [1.82, 2.24) is 0 Å². The van der Waals surface area contributed by atoms with Crippen LogP contribution in [0.15, 0.2) is 34.1 Å². The van der Waals surface area contributed by atoms with Crippen LogP contribution in [-0.2, 0) is 0 Å². The van der Waals surface area contributed by atoms with Crippen molar-refractivity contribution < 1.29 is 9.59 Å². The van der Waals surface area contributed by atoms with Gasteiger partial charge in [0, 0.05) is 4.47 Å². The van der Waals surface area contributed by atoms with Crippen LogP contribution in [0.2, 0.25) is 0 Å². The van der Waals surface area contributed by atoms with E-state index in [1.165, 1.54) is 11.3 Å². The van der Waals surface area contributed by atoms with E-state index in [0.29, 0.717) is 20.6 Å². The van der Waals surface area contributed by atoms with Crippen molar-refractivity contribution in [3.63, 3.8) is 0 Å². The minimum absolute atomic E-state index is 0.284. The van der Waals surface area contributed by atoms with Crippen LogP contribution in [0.1, 0.15) is 25.6 Å². The van der Waals surface area contributed by atoms with Crippen LogP contribution in [0.3, 0.4) is 0 Å². The number of primary amides is 1. The Morgan fingerprint density at radius 2 is 2.05 bits per heavy atom. The molecule has 0 saturated carbocycles. The molecule has 0 unspecified atom stereocenters. The molecular weight excluding hydrogens is 328 g/mol. The molecule has 6 heteroatoms. The normalized spacial score (nSPS) is 10.2. The van der Waals surface area contributed by atoms with Crippen molar-refractivity contribution in [2.75, 3.05) is 5.32 Å². The average molecular weight is 339 g/mol. The molecule has 4 nitrogen and oxygen atoms in total. The second-order valence-electron chi connectivity index (χ2n) is 3.97. The summed E-state index contributed by atoms with van der Waals surface area (Å²) in [5.74, 6) is -0.832. The molecule has 0 saturated heterocycles. The number of rotatable bonds is 3. The Hall–Kier alpha value is -1.66. The minimum atomic E-state index is -0.548. The fraction of sp³-hybridized carbons (Fsp3) is 0.0769. The lowest BCUT2D eigenvalue weighted by Crippen LogP contribution is -2.16. The van der Waals surface area contributed by atoms with Crippen LogP contribution >= 0.6 is 27.3 Å². The predicted molar refractivity (Wildman–Crippen MR) is 79.7 cm³/mol. The van der Waals surface area contributed by atoms with Crippen molar-refractivity contribution in [3.05, 3.63) is 50.1 Å². The van der Waals surface area contributed by atoms with E-state index < -0.39 is 5.91 Å².